The Morgan fingerprint density at radius 3 is 2.39 bits per heavy atom. The highest BCUT2D eigenvalue weighted by molar-refractivity contribution is 5.99. The highest BCUT2D eigenvalue weighted by atomic mass is 16.7. The Morgan fingerprint density at radius 1 is 0.957 bits per heavy atom. The second-order valence-electron chi connectivity index (χ2n) is 5.44. The third-order valence-electron chi connectivity index (χ3n) is 3.49. The van der Waals surface area contributed by atoms with Gasteiger partial charge in [0.05, 0.1) is 5.56 Å². The fourth-order valence-corrected chi connectivity index (χ4v) is 2.46. The molecular weight excluding hydrogens is 296 g/mol. The van der Waals surface area contributed by atoms with Crippen LogP contribution in [0.2, 0.25) is 0 Å². The summed E-state index contributed by atoms with van der Waals surface area (Å²) in [6, 6.07) is 10.3. The summed E-state index contributed by atoms with van der Waals surface area (Å²) < 4.78 is 15.5. The van der Waals surface area contributed by atoms with Crippen LogP contribution in [-0.4, -0.2) is 25.2 Å². The van der Waals surface area contributed by atoms with E-state index in [0.717, 1.165) is 11.1 Å². The number of esters is 1. The third-order valence-corrected chi connectivity index (χ3v) is 3.49. The van der Waals surface area contributed by atoms with Crippen molar-refractivity contribution in [3.05, 3.63) is 58.7 Å². The lowest BCUT2D eigenvalue weighted by Gasteiger charge is -2.07. The van der Waals surface area contributed by atoms with E-state index in [9.17, 15) is 9.59 Å². The van der Waals surface area contributed by atoms with Crippen LogP contribution in [0, 0.1) is 13.8 Å². The molecule has 0 spiro atoms. The maximum atomic E-state index is 12.1. The topological polar surface area (TPSA) is 61.8 Å². The molecule has 2 aromatic rings. The zero-order valence-corrected chi connectivity index (χ0v) is 12.9. The Morgan fingerprint density at radius 2 is 1.65 bits per heavy atom. The molecule has 0 atom stereocenters. The number of ether oxygens (including phenoxy) is 3. The number of benzene rings is 2. The lowest BCUT2D eigenvalue weighted by molar-refractivity contribution is 0.0474. The minimum absolute atomic E-state index is 0.147. The largest absolute Gasteiger partial charge is 0.454 e. The number of hydrogen-bond donors (Lipinski definition) is 0. The maximum Gasteiger partial charge on any atom is 0.338 e. The molecule has 0 saturated heterocycles. The average molecular weight is 312 g/mol. The molecule has 1 heterocycles. The van der Waals surface area contributed by atoms with Crippen molar-refractivity contribution in [1.29, 1.82) is 0 Å². The van der Waals surface area contributed by atoms with Crippen LogP contribution >= 0.6 is 0 Å². The molecule has 3 rings (SSSR count). The molecule has 0 saturated carbocycles. The molecular formula is C18H16O5. The molecule has 0 radical (unpaired) electrons. The lowest BCUT2D eigenvalue weighted by Crippen LogP contribution is -2.14. The van der Waals surface area contributed by atoms with Gasteiger partial charge in [0.25, 0.3) is 0 Å². The van der Waals surface area contributed by atoms with Crippen LogP contribution in [0.3, 0.4) is 0 Å². The molecule has 0 bridgehead atoms. The molecule has 0 amide bonds. The third kappa shape index (κ3) is 3.34. The Hall–Kier alpha value is -2.82. The fourth-order valence-electron chi connectivity index (χ4n) is 2.46. The zero-order valence-electron chi connectivity index (χ0n) is 12.9. The van der Waals surface area contributed by atoms with Gasteiger partial charge in [-0.3, -0.25) is 4.79 Å². The molecule has 0 aliphatic carbocycles. The van der Waals surface area contributed by atoms with Crippen molar-refractivity contribution in [3.63, 3.8) is 0 Å². The molecule has 0 N–H and O–H groups in total. The summed E-state index contributed by atoms with van der Waals surface area (Å²) in [5.74, 6) is 0.331. The number of aryl methyl sites for hydroxylation is 2. The molecule has 2 aromatic carbocycles. The second-order valence-corrected chi connectivity index (χ2v) is 5.44. The number of hydrogen-bond acceptors (Lipinski definition) is 5. The normalized spacial score (nSPS) is 12.1. The molecule has 118 valence electrons. The Balaban J connectivity index is 1.65. The average Bonchev–Trinajstić information content (AvgIpc) is 2.98. The van der Waals surface area contributed by atoms with Crippen LogP contribution in [0.4, 0.5) is 0 Å². The highest BCUT2D eigenvalue weighted by Gasteiger charge is 2.17. The minimum Gasteiger partial charge on any atom is -0.454 e. The van der Waals surface area contributed by atoms with E-state index < -0.39 is 5.97 Å². The van der Waals surface area contributed by atoms with Crippen LogP contribution in [0.15, 0.2) is 36.4 Å². The standard InChI is InChI=1S/C18H16O5/c1-11-5-12(2)7-14(6-11)18(20)21-9-15(19)13-3-4-16-17(8-13)23-10-22-16/h3-8H,9-10H2,1-2H3. The first-order chi connectivity index (χ1) is 11.0. The lowest BCUT2D eigenvalue weighted by atomic mass is 10.1. The van der Waals surface area contributed by atoms with E-state index in [2.05, 4.69) is 0 Å². The first kappa shape index (κ1) is 15.1. The maximum absolute atomic E-state index is 12.1. The van der Waals surface area contributed by atoms with Gasteiger partial charge in [-0.05, 0) is 44.2 Å². The smallest absolute Gasteiger partial charge is 0.338 e. The van der Waals surface area contributed by atoms with Crippen molar-refractivity contribution in [3.8, 4) is 11.5 Å². The molecule has 1 aliphatic heterocycles. The summed E-state index contributed by atoms with van der Waals surface area (Å²) in [6.07, 6.45) is 0. The highest BCUT2D eigenvalue weighted by Crippen LogP contribution is 2.32. The number of rotatable bonds is 4. The van der Waals surface area contributed by atoms with Crippen LogP contribution < -0.4 is 9.47 Å². The van der Waals surface area contributed by atoms with Gasteiger partial charge in [-0.25, -0.2) is 4.79 Å². The van der Waals surface area contributed by atoms with E-state index in [1.165, 1.54) is 0 Å². The van der Waals surface area contributed by atoms with Gasteiger partial charge < -0.3 is 14.2 Å². The van der Waals surface area contributed by atoms with Gasteiger partial charge in [-0.2, -0.15) is 0 Å². The Labute approximate surface area is 133 Å². The van der Waals surface area contributed by atoms with Gasteiger partial charge in [0.1, 0.15) is 0 Å². The first-order valence-electron chi connectivity index (χ1n) is 7.21. The van der Waals surface area contributed by atoms with Crippen molar-refractivity contribution in [2.45, 2.75) is 13.8 Å². The summed E-state index contributed by atoms with van der Waals surface area (Å²) in [4.78, 5) is 24.2. The van der Waals surface area contributed by atoms with Gasteiger partial charge in [-0.1, -0.05) is 17.2 Å². The van der Waals surface area contributed by atoms with Gasteiger partial charge in [-0.15, -0.1) is 0 Å². The minimum atomic E-state index is -0.508. The van der Waals surface area contributed by atoms with E-state index in [1.807, 2.05) is 19.9 Å². The van der Waals surface area contributed by atoms with Crippen molar-refractivity contribution >= 4 is 11.8 Å². The summed E-state index contributed by atoms with van der Waals surface area (Å²) in [5, 5.41) is 0. The number of ketones is 1. The zero-order chi connectivity index (χ0) is 16.4. The van der Waals surface area contributed by atoms with Crippen molar-refractivity contribution in [1.82, 2.24) is 0 Å². The molecule has 5 heteroatoms. The van der Waals surface area contributed by atoms with Crippen molar-refractivity contribution in [2.75, 3.05) is 13.4 Å². The molecule has 0 aromatic heterocycles. The molecule has 0 fully saturated rings. The number of carbonyl (C=O) groups excluding carboxylic acids is 2. The molecule has 5 nitrogen and oxygen atoms in total. The van der Waals surface area contributed by atoms with Crippen LogP contribution in [-0.2, 0) is 4.74 Å². The van der Waals surface area contributed by atoms with Gasteiger partial charge >= 0.3 is 5.97 Å². The van der Waals surface area contributed by atoms with Gasteiger partial charge in [0.2, 0.25) is 6.79 Å². The molecule has 1 aliphatic rings. The number of fused-ring (bicyclic) bond motifs is 1. The van der Waals surface area contributed by atoms with Crippen LogP contribution in [0.5, 0.6) is 11.5 Å². The Kier molecular flexibility index (Phi) is 4.02. The van der Waals surface area contributed by atoms with Gasteiger partial charge in [0.15, 0.2) is 23.9 Å². The van der Waals surface area contributed by atoms with E-state index in [-0.39, 0.29) is 19.2 Å². The molecule has 0 unspecified atom stereocenters. The Bertz CT molecular complexity index is 759. The van der Waals surface area contributed by atoms with Gasteiger partial charge in [0, 0.05) is 5.56 Å². The van der Waals surface area contributed by atoms with E-state index in [0.29, 0.717) is 22.6 Å². The van der Waals surface area contributed by atoms with E-state index in [1.54, 1.807) is 30.3 Å². The SMILES string of the molecule is Cc1cc(C)cc(C(=O)OCC(=O)c2ccc3c(c2)OCO3)c1. The first-order valence-corrected chi connectivity index (χ1v) is 7.21. The summed E-state index contributed by atoms with van der Waals surface area (Å²) in [7, 11) is 0. The van der Waals surface area contributed by atoms with Crippen LogP contribution in [0.25, 0.3) is 0 Å². The number of Topliss-reactive ketones (excluding diaryl/α,β-unsaturated/α-hetero) is 1. The monoisotopic (exact) mass is 312 g/mol. The van der Waals surface area contributed by atoms with Crippen molar-refractivity contribution in [2.24, 2.45) is 0 Å². The van der Waals surface area contributed by atoms with Crippen LogP contribution in [0.1, 0.15) is 31.8 Å². The fraction of sp³-hybridized carbons (Fsp3) is 0.222. The van der Waals surface area contributed by atoms with E-state index in [4.69, 9.17) is 14.2 Å². The molecule has 23 heavy (non-hydrogen) atoms. The summed E-state index contributed by atoms with van der Waals surface area (Å²) in [6.45, 7) is 3.64. The number of carbonyl (C=O) groups is 2. The summed E-state index contributed by atoms with van der Waals surface area (Å²) in [5.41, 5.74) is 2.81. The predicted molar refractivity (Wildman–Crippen MR) is 83.1 cm³/mol. The van der Waals surface area contributed by atoms with E-state index >= 15 is 0 Å². The summed E-state index contributed by atoms with van der Waals surface area (Å²) >= 11 is 0. The predicted octanol–water partition coefficient (Wildman–Crippen LogP) is 3.07. The quantitative estimate of drug-likeness (QED) is 0.641. The van der Waals surface area contributed by atoms with Crippen molar-refractivity contribution < 1.29 is 23.8 Å². The second kappa shape index (κ2) is 6.12.